The van der Waals surface area contributed by atoms with Gasteiger partial charge in [0.25, 0.3) is 5.69 Å². The number of carboxylic acids is 1. The minimum atomic E-state index is -0.789. The summed E-state index contributed by atoms with van der Waals surface area (Å²) in [6.45, 7) is 6.71. The number of benzene rings is 1. The molecule has 1 atom stereocenters. The minimum absolute atomic E-state index is 0.0130. The Balaban J connectivity index is 2.35. The molecule has 1 aromatic rings. The third-order valence-electron chi connectivity index (χ3n) is 4.58. The summed E-state index contributed by atoms with van der Waals surface area (Å²) in [6, 6.07) is 4.72. The first-order valence-electron chi connectivity index (χ1n) is 7.01. The summed E-state index contributed by atoms with van der Waals surface area (Å²) in [6.07, 6.45) is 0.558. The van der Waals surface area contributed by atoms with E-state index in [-0.39, 0.29) is 11.6 Å². The first-order chi connectivity index (χ1) is 9.78. The van der Waals surface area contributed by atoms with Gasteiger partial charge in [-0.1, -0.05) is 19.9 Å². The van der Waals surface area contributed by atoms with Crippen LogP contribution in [0.15, 0.2) is 18.2 Å². The molecule has 6 nitrogen and oxygen atoms in total. The molecule has 1 aliphatic rings. The van der Waals surface area contributed by atoms with E-state index in [1.54, 1.807) is 6.07 Å². The summed E-state index contributed by atoms with van der Waals surface area (Å²) in [5.41, 5.74) is 0.934. The zero-order chi connectivity index (χ0) is 15.8. The molecule has 0 bridgehead atoms. The van der Waals surface area contributed by atoms with Gasteiger partial charge in [-0.25, -0.2) is 0 Å². The number of aryl methyl sites for hydroxylation is 1. The molecular weight excluding hydrogens is 272 g/mol. The maximum atomic E-state index is 11.7. The van der Waals surface area contributed by atoms with Gasteiger partial charge in [0.2, 0.25) is 0 Å². The topological polar surface area (TPSA) is 83.7 Å². The molecule has 0 amide bonds. The van der Waals surface area contributed by atoms with Crippen molar-refractivity contribution in [1.82, 2.24) is 0 Å². The van der Waals surface area contributed by atoms with Gasteiger partial charge in [0.15, 0.2) is 0 Å². The molecule has 1 unspecified atom stereocenters. The van der Waals surface area contributed by atoms with Crippen molar-refractivity contribution >= 4 is 17.3 Å². The quantitative estimate of drug-likeness (QED) is 0.681. The molecule has 21 heavy (non-hydrogen) atoms. The number of nitrogens with zero attached hydrogens (tertiary/aromatic N) is 2. The van der Waals surface area contributed by atoms with E-state index in [9.17, 15) is 20.0 Å². The van der Waals surface area contributed by atoms with E-state index in [4.69, 9.17) is 0 Å². The van der Waals surface area contributed by atoms with E-state index in [1.165, 1.54) is 12.1 Å². The van der Waals surface area contributed by atoms with Crippen molar-refractivity contribution in [2.24, 2.45) is 11.3 Å². The van der Waals surface area contributed by atoms with Crippen LogP contribution in [0.3, 0.4) is 0 Å². The van der Waals surface area contributed by atoms with Crippen molar-refractivity contribution in [2.75, 3.05) is 18.0 Å². The van der Waals surface area contributed by atoms with Gasteiger partial charge in [0.1, 0.15) is 0 Å². The molecule has 0 aliphatic carbocycles. The van der Waals surface area contributed by atoms with Gasteiger partial charge in [0.05, 0.1) is 10.3 Å². The van der Waals surface area contributed by atoms with Crippen LogP contribution in [0, 0.1) is 28.4 Å². The van der Waals surface area contributed by atoms with Crippen LogP contribution in [0.25, 0.3) is 0 Å². The van der Waals surface area contributed by atoms with Crippen molar-refractivity contribution in [3.05, 3.63) is 33.9 Å². The van der Waals surface area contributed by atoms with E-state index in [0.29, 0.717) is 19.5 Å². The number of carboxylic acid groups (broad SMARTS) is 1. The van der Waals surface area contributed by atoms with Crippen molar-refractivity contribution in [3.8, 4) is 0 Å². The van der Waals surface area contributed by atoms with Crippen molar-refractivity contribution in [3.63, 3.8) is 0 Å². The number of non-ortho nitro benzene ring substituents is 1. The SMILES string of the molecule is Cc1ccc([N+](=O)[O-])cc1N1CCC(C(=O)O)(C(C)C)C1. The molecule has 0 radical (unpaired) electrons. The highest BCUT2D eigenvalue weighted by Crippen LogP contribution is 2.41. The fourth-order valence-electron chi connectivity index (χ4n) is 2.98. The predicted molar refractivity (Wildman–Crippen MR) is 79.6 cm³/mol. The van der Waals surface area contributed by atoms with Crippen LogP contribution in [-0.4, -0.2) is 29.1 Å². The van der Waals surface area contributed by atoms with Crippen LogP contribution in [0.1, 0.15) is 25.8 Å². The van der Waals surface area contributed by atoms with E-state index >= 15 is 0 Å². The third kappa shape index (κ3) is 2.57. The van der Waals surface area contributed by atoms with Crippen LogP contribution < -0.4 is 4.90 Å². The van der Waals surface area contributed by atoms with E-state index in [0.717, 1.165) is 11.3 Å². The fourth-order valence-corrected chi connectivity index (χ4v) is 2.98. The maximum absolute atomic E-state index is 11.7. The lowest BCUT2D eigenvalue weighted by atomic mass is 9.76. The lowest BCUT2D eigenvalue weighted by molar-refractivity contribution is -0.384. The molecule has 0 spiro atoms. The normalized spacial score (nSPS) is 21.8. The summed E-state index contributed by atoms with van der Waals surface area (Å²) < 4.78 is 0. The Morgan fingerprint density at radius 2 is 2.14 bits per heavy atom. The molecule has 2 rings (SSSR count). The Morgan fingerprint density at radius 3 is 2.62 bits per heavy atom. The van der Waals surface area contributed by atoms with E-state index in [2.05, 4.69) is 0 Å². The predicted octanol–water partition coefficient (Wildman–Crippen LogP) is 2.84. The van der Waals surface area contributed by atoms with Gasteiger partial charge >= 0.3 is 5.97 Å². The minimum Gasteiger partial charge on any atom is -0.481 e. The molecular formula is C15H20N2O4. The maximum Gasteiger partial charge on any atom is 0.311 e. The average Bonchev–Trinajstić information content (AvgIpc) is 2.85. The summed E-state index contributed by atoms with van der Waals surface area (Å²) in [5, 5.41) is 20.5. The molecule has 0 saturated carbocycles. The number of nitro groups is 1. The van der Waals surface area contributed by atoms with Gasteiger partial charge in [0, 0.05) is 30.9 Å². The third-order valence-corrected chi connectivity index (χ3v) is 4.58. The zero-order valence-corrected chi connectivity index (χ0v) is 12.5. The number of aliphatic carboxylic acids is 1. The van der Waals surface area contributed by atoms with Crippen molar-refractivity contribution < 1.29 is 14.8 Å². The Morgan fingerprint density at radius 1 is 1.48 bits per heavy atom. The smallest absolute Gasteiger partial charge is 0.311 e. The number of anilines is 1. The zero-order valence-electron chi connectivity index (χ0n) is 12.5. The van der Waals surface area contributed by atoms with Gasteiger partial charge in [-0.05, 0) is 24.8 Å². The van der Waals surface area contributed by atoms with E-state index < -0.39 is 16.3 Å². The summed E-state index contributed by atoms with van der Waals surface area (Å²) in [7, 11) is 0. The van der Waals surface area contributed by atoms with Crippen LogP contribution in [-0.2, 0) is 4.79 Å². The summed E-state index contributed by atoms with van der Waals surface area (Å²) in [4.78, 5) is 24.1. The largest absolute Gasteiger partial charge is 0.481 e. The Labute approximate surface area is 123 Å². The number of carbonyl (C=O) groups is 1. The molecule has 0 aromatic heterocycles. The van der Waals surface area contributed by atoms with Gasteiger partial charge in [-0.2, -0.15) is 0 Å². The summed E-state index contributed by atoms with van der Waals surface area (Å²) >= 11 is 0. The number of rotatable bonds is 4. The van der Waals surface area contributed by atoms with Crippen LogP contribution in [0.4, 0.5) is 11.4 Å². The molecule has 1 aliphatic heterocycles. The molecule has 6 heteroatoms. The second kappa shape index (κ2) is 5.35. The second-order valence-corrected chi connectivity index (χ2v) is 6.02. The fraction of sp³-hybridized carbons (Fsp3) is 0.533. The van der Waals surface area contributed by atoms with Crippen molar-refractivity contribution in [2.45, 2.75) is 27.2 Å². The molecule has 1 fully saturated rings. The highest BCUT2D eigenvalue weighted by Gasteiger charge is 2.47. The van der Waals surface area contributed by atoms with Gasteiger partial charge in [-0.3, -0.25) is 14.9 Å². The molecule has 1 aromatic carbocycles. The Kier molecular flexibility index (Phi) is 3.89. The summed E-state index contributed by atoms with van der Waals surface area (Å²) in [5.74, 6) is -0.776. The second-order valence-electron chi connectivity index (χ2n) is 6.02. The van der Waals surface area contributed by atoms with Crippen LogP contribution in [0.2, 0.25) is 0 Å². The van der Waals surface area contributed by atoms with Gasteiger partial charge in [-0.15, -0.1) is 0 Å². The molecule has 1 N–H and O–H groups in total. The Hall–Kier alpha value is -2.11. The van der Waals surface area contributed by atoms with E-state index in [1.807, 2.05) is 25.7 Å². The molecule has 1 saturated heterocycles. The standard InChI is InChI=1S/C15H20N2O4/c1-10(2)15(14(18)19)6-7-16(9-15)13-8-12(17(20)21)5-4-11(13)3/h4-5,8,10H,6-7,9H2,1-3H3,(H,18,19). The number of hydrogen-bond donors (Lipinski definition) is 1. The number of hydrogen-bond acceptors (Lipinski definition) is 4. The van der Waals surface area contributed by atoms with Crippen molar-refractivity contribution in [1.29, 1.82) is 0 Å². The van der Waals surface area contributed by atoms with Crippen LogP contribution >= 0.6 is 0 Å². The van der Waals surface area contributed by atoms with Crippen LogP contribution in [0.5, 0.6) is 0 Å². The highest BCUT2D eigenvalue weighted by atomic mass is 16.6. The average molecular weight is 292 g/mol. The Bertz CT molecular complexity index is 585. The lowest BCUT2D eigenvalue weighted by Gasteiger charge is -2.29. The molecule has 114 valence electrons. The first kappa shape index (κ1) is 15.3. The highest BCUT2D eigenvalue weighted by molar-refractivity contribution is 5.77. The lowest BCUT2D eigenvalue weighted by Crippen LogP contribution is -2.39. The number of nitro benzene ring substituents is 1. The monoisotopic (exact) mass is 292 g/mol. The first-order valence-corrected chi connectivity index (χ1v) is 7.01. The molecule has 1 heterocycles. The van der Waals surface area contributed by atoms with Gasteiger partial charge < -0.3 is 10.0 Å².